The Labute approximate surface area is 136 Å². The molecule has 2 N–H and O–H groups in total. The highest BCUT2D eigenvalue weighted by Gasteiger charge is 2.33. The lowest BCUT2D eigenvalue weighted by Gasteiger charge is -2.24. The lowest BCUT2D eigenvalue weighted by atomic mass is 9.98. The van der Waals surface area contributed by atoms with Gasteiger partial charge in [0.05, 0.1) is 13.7 Å². The minimum absolute atomic E-state index is 0.281. The third-order valence-electron chi connectivity index (χ3n) is 3.75. The number of unbranched alkanes of at least 4 members (excludes halogenated alkanes) is 1. The van der Waals surface area contributed by atoms with E-state index in [9.17, 15) is 14.7 Å². The number of hydrogen-bond acceptors (Lipinski definition) is 4. The fraction of sp³-hybridized carbons (Fsp3) is 0.529. The van der Waals surface area contributed by atoms with Crippen LogP contribution in [0.3, 0.4) is 0 Å². The fourth-order valence-electron chi connectivity index (χ4n) is 1.87. The van der Waals surface area contributed by atoms with Crippen molar-refractivity contribution in [3.8, 4) is 11.5 Å². The van der Waals surface area contributed by atoms with E-state index in [1.165, 1.54) is 14.0 Å². The smallest absolute Gasteiger partial charge is 0.329 e. The summed E-state index contributed by atoms with van der Waals surface area (Å²) in [5.41, 5.74) is -0.980. The summed E-state index contributed by atoms with van der Waals surface area (Å²) < 4.78 is 10.9. The number of hydrogen-bond donors (Lipinski definition) is 2. The lowest BCUT2D eigenvalue weighted by Crippen LogP contribution is -2.51. The van der Waals surface area contributed by atoms with E-state index < -0.39 is 17.4 Å². The van der Waals surface area contributed by atoms with Gasteiger partial charge >= 0.3 is 5.97 Å². The molecule has 1 atom stereocenters. The van der Waals surface area contributed by atoms with Crippen molar-refractivity contribution in [1.82, 2.24) is 5.32 Å². The number of benzene rings is 1. The second-order valence-electron chi connectivity index (χ2n) is 5.51. The predicted octanol–water partition coefficient (Wildman–Crippen LogP) is 2.86. The van der Waals surface area contributed by atoms with Crippen molar-refractivity contribution in [2.45, 2.75) is 45.6 Å². The molecule has 1 rings (SSSR count). The molecule has 0 heterocycles. The van der Waals surface area contributed by atoms with Gasteiger partial charge in [0.25, 0.3) is 5.91 Å². The highest BCUT2D eigenvalue weighted by molar-refractivity contribution is 5.98. The van der Waals surface area contributed by atoms with Crippen LogP contribution in [0.15, 0.2) is 18.2 Å². The average Bonchev–Trinajstić information content (AvgIpc) is 2.54. The number of rotatable bonds is 9. The third-order valence-corrected chi connectivity index (χ3v) is 3.75. The highest BCUT2D eigenvalue weighted by atomic mass is 16.5. The van der Waals surface area contributed by atoms with Gasteiger partial charge in [-0.1, -0.05) is 20.3 Å². The van der Waals surface area contributed by atoms with Gasteiger partial charge in [-0.25, -0.2) is 4.79 Å². The highest BCUT2D eigenvalue weighted by Crippen LogP contribution is 2.28. The molecule has 1 amide bonds. The average molecular weight is 323 g/mol. The van der Waals surface area contributed by atoms with Gasteiger partial charge in [0.15, 0.2) is 11.5 Å². The van der Waals surface area contributed by atoms with Crippen molar-refractivity contribution >= 4 is 11.9 Å². The minimum atomic E-state index is -1.30. The molecule has 0 aliphatic heterocycles. The SMILES string of the molecule is CCCCOc1ccc(C(=O)NC(C)(CC)C(=O)O)cc1OC. The number of methoxy groups -OCH3 is 1. The number of carboxylic acids is 1. The van der Waals surface area contributed by atoms with Crippen LogP contribution in [0.4, 0.5) is 0 Å². The standard InChI is InChI=1S/C17H25NO5/c1-5-7-10-23-13-9-8-12(11-14(13)22-4)15(19)18-17(3,6-2)16(20)21/h8-9,11H,5-7,10H2,1-4H3,(H,18,19)(H,20,21). The molecule has 23 heavy (non-hydrogen) atoms. The largest absolute Gasteiger partial charge is 0.493 e. The van der Waals surface area contributed by atoms with Gasteiger partial charge in [0, 0.05) is 5.56 Å². The summed E-state index contributed by atoms with van der Waals surface area (Å²) in [7, 11) is 1.50. The molecule has 6 heteroatoms. The first kappa shape index (κ1) is 18.8. The van der Waals surface area contributed by atoms with Crippen molar-refractivity contribution < 1.29 is 24.2 Å². The normalized spacial score (nSPS) is 13.0. The van der Waals surface area contributed by atoms with E-state index in [0.717, 1.165) is 12.8 Å². The molecular weight excluding hydrogens is 298 g/mol. The molecule has 0 spiro atoms. The minimum Gasteiger partial charge on any atom is -0.493 e. The molecule has 0 bridgehead atoms. The summed E-state index contributed by atoms with van der Waals surface area (Å²) in [6.45, 7) is 5.83. The topological polar surface area (TPSA) is 84.9 Å². The lowest BCUT2D eigenvalue weighted by molar-refractivity contribution is -0.143. The van der Waals surface area contributed by atoms with Gasteiger partial charge in [-0.2, -0.15) is 0 Å². The van der Waals surface area contributed by atoms with E-state index in [1.54, 1.807) is 25.1 Å². The van der Waals surface area contributed by atoms with Crippen LogP contribution >= 0.6 is 0 Å². The van der Waals surface area contributed by atoms with Gasteiger partial charge in [0.1, 0.15) is 5.54 Å². The van der Waals surface area contributed by atoms with Gasteiger partial charge in [0.2, 0.25) is 0 Å². The zero-order chi connectivity index (χ0) is 17.5. The van der Waals surface area contributed by atoms with Gasteiger partial charge in [-0.15, -0.1) is 0 Å². The Morgan fingerprint density at radius 3 is 2.48 bits per heavy atom. The van der Waals surface area contributed by atoms with Crippen molar-refractivity contribution in [1.29, 1.82) is 0 Å². The van der Waals surface area contributed by atoms with Crippen LogP contribution in [0.5, 0.6) is 11.5 Å². The van der Waals surface area contributed by atoms with Gasteiger partial charge < -0.3 is 19.9 Å². The van der Waals surface area contributed by atoms with Crippen LogP contribution < -0.4 is 14.8 Å². The Bertz CT molecular complexity index is 558. The van der Waals surface area contributed by atoms with E-state index in [-0.39, 0.29) is 6.42 Å². The monoisotopic (exact) mass is 323 g/mol. The summed E-state index contributed by atoms with van der Waals surface area (Å²) in [5.74, 6) is -0.522. The van der Waals surface area contributed by atoms with Gasteiger partial charge in [-0.05, 0) is 38.0 Å². The Morgan fingerprint density at radius 1 is 1.26 bits per heavy atom. The maximum atomic E-state index is 12.3. The zero-order valence-corrected chi connectivity index (χ0v) is 14.1. The van der Waals surface area contributed by atoms with E-state index in [1.807, 2.05) is 0 Å². The molecule has 1 aromatic rings. The molecule has 0 radical (unpaired) electrons. The molecule has 1 unspecified atom stereocenters. The summed E-state index contributed by atoms with van der Waals surface area (Å²) in [6.07, 6.45) is 2.23. The summed E-state index contributed by atoms with van der Waals surface area (Å²) >= 11 is 0. The number of ether oxygens (including phenoxy) is 2. The Hall–Kier alpha value is -2.24. The van der Waals surface area contributed by atoms with Crippen LogP contribution in [0.1, 0.15) is 50.4 Å². The van der Waals surface area contributed by atoms with Crippen molar-refractivity contribution in [3.05, 3.63) is 23.8 Å². The van der Waals surface area contributed by atoms with Crippen LogP contribution in [-0.4, -0.2) is 36.2 Å². The Balaban J connectivity index is 2.92. The van der Waals surface area contributed by atoms with Crippen LogP contribution in [-0.2, 0) is 4.79 Å². The quantitative estimate of drug-likeness (QED) is 0.683. The predicted molar refractivity (Wildman–Crippen MR) is 87.2 cm³/mol. The van der Waals surface area contributed by atoms with E-state index in [2.05, 4.69) is 12.2 Å². The summed E-state index contributed by atoms with van der Waals surface area (Å²) in [4.78, 5) is 23.6. The second-order valence-corrected chi connectivity index (χ2v) is 5.51. The number of carbonyl (C=O) groups is 2. The molecule has 0 aliphatic rings. The maximum absolute atomic E-state index is 12.3. The van der Waals surface area contributed by atoms with E-state index in [4.69, 9.17) is 9.47 Å². The first-order valence-electron chi connectivity index (χ1n) is 7.74. The molecule has 0 aliphatic carbocycles. The van der Waals surface area contributed by atoms with Crippen molar-refractivity contribution in [3.63, 3.8) is 0 Å². The van der Waals surface area contributed by atoms with Crippen LogP contribution in [0.2, 0.25) is 0 Å². The maximum Gasteiger partial charge on any atom is 0.329 e. The molecule has 0 saturated heterocycles. The van der Waals surface area contributed by atoms with E-state index >= 15 is 0 Å². The third kappa shape index (κ3) is 4.87. The second kappa shape index (κ2) is 8.41. The van der Waals surface area contributed by atoms with E-state index in [0.29, 0.717) is 23.7 Å². The molecular formula is C17H25NO5. The Kier molecular flexibility index (Phi) is 6.88. The first-order chi connectivity index (χ1) is 10.9. The molecule has 0 aromatic heterocycles. The van der Waals surface area contributed by atoms with Crippen LogP contribution in [0, 0.1) is 0 Å². The summed E-state index contributed by atoms with van der Waals surface area (Å²) in [6, 6.07) is 4.80. The molecule has 0 saturated carbocycles. The Morgan fingerprint density at radius 2 is 1.96 bits per heavy atom. The summed E-state index contributed by atoms with van der Waals surface area (Å²) in [5, 5.41) is 11.8. The number of nitrogens with one attached hydrogen (secondary N) is 1. The zero-order valence-electron chi connectivity index (χ0n) is 14.1. The van der Waals surface area contributed by atoms with Crippen molar-refractivity contribution in [2.75, 3.05) is 13.7 Å². The molecule has 1 aromatic carbocycles. The van der Waals surface area contributed by atoms with Crippen molar-refractivity contribution in [2.24, 2.45) is 0 Å². The molecule has 6 nitrogen and oxygen atoms in total. The molecule has 0 fully saturated rings. The number of carbonyl (C=O) groups excluding carboxylic acids is 1. The fourth-order valence-corrected chi connectivity index (χ4v) is 1.87. The van der Waals surface area contributed by atoms with Crippen LogP contribution in [0.25, 0.3) is 0 Å². The number of carboxylic acid groups (broad SMARTS) is 1. The first-order valence-corrected chi connectivity index (χ1v) is 7.74. The molecule has 128 valence electrons. The number of amides is 1. The van der Waals surface area contributed by atoms with Gasteiger partial charge in [-0.3, -0.25) is 4.79 Å². The number of aliphatic carboxylic acids is 1.